The molecular weight excluding hydrogens is 418 g/mol. The molecule has 1 amide bonds. The lowest BCUT2D eigenvalue weighted by Gasteiger charge is -2.47. The highest BCUT2D eigenvalue weighted by atomic mass is 19.3. The van der Waals surface area contributed by atoms with E-state index < -0.39 is 23.8 Å². The standard InChI is InChI=1S/C22H26F2N6O2/c1-2-28-12-25-26-18(28)11-27-7-13-6-14(8-27)20(30-17(13)4-3-5-19(30)31)21(32)29-9-15-16(10-29)22(15,23)24/h3-5,12-16,20H,2,6-11H2,1H3/t13-,14+,15?,16?,20+/m0/s1. The van der Waals surface area contributed by atoms with Crippen molar-refractivity contribution in [3.8, 4) is 0 Å². The molecule has 2 unspecified atom stereocenters. The SMILES string of the molecule is CCn1cnnc1CN1C[C@@H]2C[C@H](C1)[C@H](C(=O)N1CC3C(C1)C3(F)F)n1c2cccc1=O. The van der Waals surface area contributed by atoms with E-state index >= 15 is 0 Å². The highest BCUT2D eigenvalue weighted by molar-refractivity contribution is 5.82. The van der Waals surface area contributed by atoms with Crippen molar-refractivity contribution in [2.75, 3.05) is 26.2 Å². The van der Waals surface area contributed by atoms with Crippen LogP contribution >= 0.6 is 0 Å². The predicted octanol–water partition coefficient (Wildman–Crippen LogP) is 1.34. The molecule has 32 heavy (non-hydrogen) atoms. The summed E-state index contributed by atoms with van der Waals surface area (Å²) < 4.78 is 31.1. The van der Waals surface area contributed by atoms with E-state index in [1.54, 1.807) is 21.9 Å². The number of halogens is 2. The average molecular weight is 444 g/mol. The van der Waals surface area contributed by atoms with Crippen LogP contribution in [0.1, 0.15) is 36.8 Å². The Labute approximate surface area is 183 Å². The highest BCUT2D eigenvalue weighted by Gasteiger charge is 2.72. The maximum absolute atomic E-state index is 13.7. The molecule has 5 heterocycles. The summed E-state index contributed by atoms with van der Waals surface area (Å²) in [6, 6.07) is 4.51. The van der Waals surface area contributed by atoms with Gasteiger partial charge in [-0.3, -0.25) is 19.1 Å². The van der Waals surface area contributed by atoms with Crippen molar-refractivity contribution in [2.24, 2.45) is 17.8 Å². The molecule has 2 aromatic heterocycles. The minimum Gasteiger partial charge on any atom is -0.340 e. The summed E-state index contributed by atoms with van der Waals surface area (Å²) in [7, 11) is 0. The number of hydrogen-bond acceptors (Lipinski definition) is 5. The fourth-order valence-electron chi connectivity index (χ4n) is 6.22. The second kappa shape index (κ2) is 6.94. The van der Waals surface area contributed by atoms with Crippen LogP contribution in [0.4, 0.5) is 8.78 Å². The number of carbonyl (C=O) groups excluding carboxylic acids is 1. The zero-order valence-electron chi connectivity index (χ0n) is 17.9. The number of nitrogens with zero attached hydrogens (tertiary/aromatic N) is 6. The largest absolute Gasteiger partial charge is 0.340 e. The van der Waals surface area contributed by atoms with E-state index in [2.05, 4.69) is 15.1 Å². The molecule has 5 atom stereocenters. The van der Waals surface area contributed by atoms with E-state index in [-0.39, 0.29) is 36.4 Å². The molecule has 3 aliphatic heterocycles. The molecule has 0 spiro atoms. The number of amides is 1. The third-order valence-electron chi connectivity index (χ3n) is 7.89. The normalized spacial score (nSPS) is 32.5. The van der Waals surface area contributed by atoms with Gasteiger partial charge in [-0.05, 0) is 19.4 Å². The van der Waals surface area contributed by atoms with Crippen molar-refractivity contribution in [2.45, 2.75) is 44.3 Å². The molecule has 0 radical (unpaired) electrons. The highest BCUT2D eigenvalue weighted by Crippen LogP contribution is 2.59. The van der Waals surface area contributed by atoms with Gasteiger partial charge in [0.05, 0.1) is 18.4 Å². The van der Waals surface area contributed by atoms with Crippen LogP contribution in [0.3, 0.4) is 0 Å². The van der Waals surface area contributed by atoms with Crippen LogP contribution in [0.25, 0.3) is 0 Å². The quantitative estimate of drug-likeness (QED) is 0.712. The zero-order valence-corrected chi connectivity index (χ0v) is 17.9. The van der Waals surface area contributed by atoms with Crippen LogP contribution in [0, 0.1) is 17.8 Å². The average Bonchev–Trinajstić information content (AvgIpc) is 3.21. The molecule has 170 valence electrons. The monoisotopic (exact) mass is 444 g/mol. The Morgan fingerprint density at radius 3 is 2.72 bits per heavy atom. The van der Waals surface area contributed by atoms with E-state index in [9.17, 15) is 18.4 Å². The van der Waals surface area contributed by atoms with Crippen LogP contribution < -0.4 is 5.56 Å². The van der Waals surface area contributed by atoms with Gasteiger partial charge < -0.3 is 9.47 Å². The number of alkyl halides is 2. The van der Waals surface area contributed by atoms with Crippen LogP contribution in [0.5, 0.6) is 0 Å². The van der Waals surface area contributed by atoms with Gasteiger partial charge in [0.1, 0.15) is 18.2 Å². The number of hydrogen-bond donors (Lipinski definition) is 0. The van der Waals surface area contributed by atoms with Gasteiger partial charge in [0.2, 0.25) is 5.91 Å². The third-order valence-corrected chi connectivity index (χ3v) is 7.89. The molecular formula is C22H26F2N6O2. The van der Waals surface area contributed by atoms with E-state index in [1.165, 1.54) is 6.07 Å². The molecule has 2 saturated heterocycles. The van der Waals surface area contributed by atoms with Gasteiger partial charge in [-0.1, -0.05) is 6.07 Å². The smallest absolute Gasteiger partial charge is 0.258 e. The van der Waals surface area contributed by atoms with Gasteiger partial charge in [0, 0.05) is 56.3 Å². The first kappa shape index (κ1) is 20.0. The fourth-order valence-corrected chi connectivity index (χ4v) is 6.22. The summed E-state index contributed by atoms with van der Waals surface area (Å²) in [4.78, 5) is 30.3. The van der Waals surface area contributed by atoms with Crippen LogP contribution in [0.15, 0.2) is 29.3 Å². The van der Waals surface area contributed by atoms with E-state index in [0.29, 0.717) is 13.1 Å². The maximum atomic E-state index is 13.7. The van der Waals surface area contributed by atoms with Crippen molar-refractivity contribution in [1.82, 2.24) is 29.1 Å². The number of rotatable bonds is 4. The molecule has 0 aromatic carbocycles. The minimum absolute atomic E-state index is 0.0516. The fraction of sp³-hybridized carbons (Fsp3) is 0.636. The van der Waals surface area contributed by atoms with E-state index in [4.69, 9.17) is 0 Å². The summed E-state index contributed by atoms with van der Waals surface area (Å²) in [6.07, 6.45) is 2.53. The van der Waals surface area contributed by atoms with Crippen LogP contribution in [0.2, 0.25) is 0 Å². The summed E-state index contributed by atoms with van der Waals surface area (Å²) in [5.74, 6) is -3.31. The summed E-state index contributed by atoms with van der Waals surface area (Å²) in [6.45, 7) is 5.05. The van der Waals surface area contributed by atoms with Gasteiger partial charge in [-0.25, -0.2) is 8.78 Å². The molecule has 6 rings (SSSR count). The molecule has 1 aliphatic carbocycles. The molecule has 0 N–H and O–H groups in total. The summed E-state index contributed by atoms with van der Waals surface area (Å²) in [5, 5.41) is 8.26. The first-order valence-electron chi connectivity index (χ1n) is 11.4. The van der Waals surface area contributed by atoms with Crippen molar-refractivity contribution >= 4 is 5.91 Å². The molecule has 4 aliphatic rings. The van der Waals surface area contributed by atoms with Crippen molar-refractivity contribution in [1.29, 1.82) is 0 Å². The topological polar surface area (TPSA) is 76.3 Å². The molecule has 8 nitrogen and oxygen atoms in total. The Balaban J connectivity index is 1.31. The van der Waals surface area contributed by atoms with Gasteiger partial charge in [0.15, 0.2) is 0 Å². The Morgan fingerprint density at radius 1 is 1.19 bits per heavy atom. The molecule has 3 fully saturated rings. The number of carbonyl (C=O) groups is 1. The third kappa shape index (κ3) is 2.88. The van der Waals surface area contributed by atoms with Crippen molar-refractivity contribution in [3.63, 3.8) is 0 Å². The Kier molecular flexibility index (Phi) is 4.34. The maximum Gasteiger partial charge on any atom is 0.258 e. The number of aromatic nitrogens is 4. The van der Waals surface area contributed by atoms with Gasteiger partial charge in [-0.15, -0.1) is 10.2 Å². The molecule has 2 bridgehead atoms. The second-order valence-electron chi connectivity index (χ2n) is 9.65. The Hall–Kier alpha value is -2.62. The number of likely N-dealkylation sites (tertiary alicyclic amines) is 2. The number of aryl methyl sites for hydroxylation is 1. The lowest BCUT2D eigenvalue weighted by Crippen LogP contribution is -2.54. The summed E-state index contributed by atoms with van der Waals surface area (Å²) >= 11 is 0. The lowest BCUT2D eigenvalue weighted by atomic mass is 9.78. The second-order valence-corrected chi connectivity index (χ2v) is 9.65. The van der Waals surface area contributed by atoms with Crippen LogP contribution in [-0.2, 0) is 17.9 Å². The molecule has 10 heteroatoms. The van der Waals surface area contributed by atoms with Gasteiger partial charge in [0.25, 0.3) is 11.5 Å². The lowest BCUT2D eigenvalue weighted by molar-refractivity contribution is -0.139. The number of piperidine rings is 2. The number of fused-ring (bicyclic) bond motifs is 5. The molecule has 2 aromatic rings. The summed E-state index contributed by atoms with van der Waals surface area (Å²) in [5.41, 5.74) is 0.674. The first-order valence-corrected chi connectivity index (χ1v) is 11.4. The number of pyridine rings is 1. The van der Waals surface area contributed by atoms with E-state index in [1.807, 2.05) is 17.6 Å². The molecule has 1 saturated carbocycles. The first-order chi connectivity index (χ1) is 15.4. The van der Waals surface area contributed by atoms with Crippen molar-refractivity contribution in [3.05, 3.63) is 46.4 Å². The van der Waals surface area contributed by atoms with Gasteiger partial charge >= 0.3 is 0 Å². The zero-order chi connectivity index (χ0) is 22.2. The Bertz CT molecular complexity index is 1120. The van der Waals surface area contributed by atoms with Crippen molar-refractivity contribution < 1.29 is 13.6 Å². The van der Waals surface area contributed by atoms with Crippen LogP contribution in [-0.4, -0.2) is 67.1 Å². The van der Waals surface area contributed by atoms with Gasteiger partial charge in [-0.2, -0.15) is 0 Å². The minimum atomic E-state index is -2.64. The van der Waals surface area contributed by atoms with E-state index in [0.717, 1.165) is 31.0 Å². The predicted molar refractivity (Wildman–Crippen MR) is 110 cm³/mol. The Morgan fingerprint density at radius 2 is 1.97 bits per heavy atom.